The van der Waals surface area contributed by atoms with Gasteiger partial charge in [0, 0.05) is 10.7 Å². The summed E-state index contributed by atoms with van der Waals surface area (Å²) in [5.74, 6) is 0. The first kappa shape index (κ1) is 16.4. The Hall–Kier alpha value is -0.650. The van der Waals surface area contributed by atoms with Gasteiger partial charge in [0.1, 0.15) is 0 Å². The molecule has 0 unspecified atom stereocenters. The molecule has 0 saturated heterocycles. The van der Waals surface area contributed by atoms with E-state index in [0.29, 0.717) is 23.9 Å². The molecule has 0 fully saturated rings. The minimum Gasteiger partial charge on any atom is -0.314 e. The molecule has 5 nitrogen and oxygen atoms in total. The van der Waals surface area contributed by atoms with Crippen LogP contribution in [0.2, 0.25) is 5.02 Å². The van der Waals surface area contributed by atoms with Crippen LogP contribution in [0, 0.1) is 0 Å². The maximum atomic E-state index is 11.8. The highest BCUT2D eigenvalue weighted by Crippen LogP contribution is 2.43. The summed E-state index contributed by atoms with van der Waals surface area (Å²) in [6, 6.07) is 6.32. The predicted molar refractivity (Wildman–Crippen MR) is 81.1 cm³/mol. The van der Waals surface area contributed by atoms with Crippen molar-refractivity contribution in [1.82, 2.24) is 5.09 Å². The van der Waals surface area contributed by atoms with E-state index in [0.717, 1.165) is 0 Å². The molecule has 19 heavy (non-hydrogen) atoms. The largest absolute Gasteiger partial charge is 0.326 e. The average Bonchev–Trinajstić information content (AvgIpc) is 2.28. The highest BCUT2D eigenvalue weighted by Gasteiger charge is 2.21. The molecule has 106 valence electrons. The number of urea groups is 1. The topological polar surface area (TPSA) is 59.6 Å². The summed E-state index contributed by atoms with van der Waals surface area (Å²) in [5.41, 5.74) is 0.569. The van der Waals surface area contributed by atoms with Crippen molar-refractivity contribution >= 4 is 41.8 Å². The van der Waals surface area contributed by atoms with Crippen molar-refractivity contribution in [1.29, 1.82) is 0 Å². The second kappa shape index (κ2) is 7.82. The fraction of sp³-hybridized carbons (Fsp3) is 0.364. The molecule has 8 heteroatoms. The Kier molecular flexibility index (Phi) is 6.75. The van der Waals surface area contributed by atoms with Gasteiger partial charge in [-0.05, 0) is 43.9 Å². The molecule has 0 heterocycles. The van der Waals surface area contributed by atoms with Gasteiger partial charge in [0.25, 0.3) is 6.64 Å². The Balaban J connectivity index is 2.65. The number of carbonyl (C=O) groups is 1. The number of benzene rings is 1. The van der Waals surface area contributed by atoms with E-state index in [1.54, 1.807) is 38.1 Å². The van der Waals surface area contributed by atoms with Gasteiger partial charge in [0.15, 0.2) is 0 Å². The molecule has 2 amide bonds. The normalized spacial score (nSPS) is 11.1. The van der Waals surface area contributed by atoms with Gasteiger partial charge in [0.05, 0.1) is 13.2 Å². The molecule has 0 bridgehead atoms. The molecule has 0 aliphatic rings. The van der Waals surface area contributed by atoms with Gasteiger partial charge < -0.3 is 14.4 Å². The van der Waals surface area contributed by atoms with Crippen LogP contribution in [0.1, 0.15) is 13.8 Å². The first-order valence-electron chi connectivity index (χ1n) is 5.73. The third-order valence-corrected chi connectivity index (χ3v) is 4.73. The van der Waals surface area contributed by atoms with Crippen LogP contribution in [0.25, 0.3) is 0 Å². The van der Waals surface area contributed by atoms with Crippen LogP contribution in [0.3, 0.4) is 0 Å². The van der Waals surface area contributed by atoms with E-state index in [4.69, 9.17) is 32.5 Å². The van der Waals surface area contributed by atoms with Crippen LogP contribution in [0.4, 0.5) is 10.5 Å². The summed E-state index contributed by atoms with van der Waals surface area (Å²) in [6.45, 7) is 1.53. The number of anilines is 1. The zero-order chi connectivity index (χ0) is 14.3. The fourth-order valence-corrected chi connectivity index (χ4v) is 3.55. The third-order valence-electron chi connectivity index (χ3n) is 1.92. The number of hydrogen-bond donors (Lipinski definition) is 2. The van der Waals surface area contributed by atoms with Crippen LogP contribution in [0.5, 0.6) is 0 Å². The smallest absolute Gasteiger partial charge is 0.314 e. The van der Waals surface area contributed by atoms with Gasteiger partial charge in [0.2, 0.25) is 0 Å². The van der Waals surface area contributed by atoms with Gasteiger partial charge in [-0.3, -0.25) is 5.09 Å². The molecule has 0 radical (unpaired) electrons. The average molecular weight is 323 g/mol. The monoisotopic (exact) mass is 322 g/mol. The second-order valence-electron chi connectivity index (χ2n) is 3.41. The number of hydrogen-bond acceptors (Lipinski definition) is 4. The van der Waals surface area contributed by atoms with Gasteiger partial charge >= 0.3 is 6.03 Å². The zero-order valence-corrected chi connectivity index (χ0v) is 13.1. The van der Waals surface area contributed by atoms with E-state index in [1.165, 1.54) is 0 Å². The van der Waals surface area contributed by atoms with E-state index in [1.807, 2.05) is 0 Å². The number of amides is 2. The van der Waals surface area contributed by atoms with Crippen molar-refractivity contribution in [2.45, 2.75) is 13.8 Å². The molecule has 0 saturated carbocycles. The van der Waals surface area contributed by atoms with E-state index in [-0.39, 0.29) is 0 Å². The minimum atomic E-state index is -2.79. The Labute approximate surface area is 122 Å². The van der Waals surface area contributed by atoms with Crippen molar-refractivity contribution in [2.24, 2.45) is 0 Å². The maximum Gasteiger partial charge on any atom is 0.326 e. The lowest BCUT2D eigenvalue weighted by Crippen LogP contribution is -2.27. The Morgan fingerprint density at radius 3 is 2.53 bits per heavy atom. The van der Waals surface area contributed by atoms with Crippen LogP contribution in [-0.4, -0.2) is 19.2 Å². The van der Waals surface area contributed by atoms with Crippen LogP contribution in [0.15, 0.2) is 24.3 Å². The zero-order valence-electron chi connectivity index (χ0n) is 10.7. The number of halogens is 1. The lowest BCUT2D eigenvalue weighted by molar-refractivity contribution is 0.242. The molecule has 1 aromatic carbocycles. The molecule has 1 aromatic rings. The van der Waals surface area contributed by atoms with Crippen LogP contribution < -0.4 is 10.4 Å². The van der Waals surface area contributed by atoms with Gasteiger partial charge in [-0.15, -0.1) is 0 Å². The maximum absolute atomic E-state index is 11.8. The number of nitrogens with one attached hydrogen (secondary N) is 2. The summed E-state index contributed by atoms with van der Waals surface area (Å²) >= 11 is 11.0. The first-order chi connectivity index (χ1) is 8.99. The molecule has 0 spiro atoms. The molecule has 0 aromatic heterocycles. The van der Waals surface area contributed by atoms with Gasteiger partial charge in [-0.25, -0.2) is 4.79 Å². The number of rotatable bonds is 6. The molecule has 0 aliphatic heterocycles. The van der Waals surface area contributed by atoms with Crippen LogP contribution >= 0.6 is 18.2 Å². The summed E-state index contributed by atoms with van der Waals surface area (Å²) < 4.78 is 10.6. The quantitative estimate of drug-likeness (QED) is 0.783. The lowest BCUT2D eigenvalue weighted by Gasteiger charge is -2.21. The Bertz CT molecular complexity index is 477. The summed E-state index contributed by atoms with van der Waals surface area (Å²) in [5, 5.41) is 5.71. The fourth-order valence-electron chi connectivity index (χ4n) is 1.29. The van der Waals surface area contributed by atoms with E-state index < -0.39 is 12.7 Å². The molecule has 0 atom stereocenters. The number of carbonyl (C=O) groups excluding carboxylic acids is 1. The van der Waals surface area contributed by atoms with E-state index in [2.05, 4.69) is 10.4 Å². The van der Waals surface area contributed by atoms with Crippen molar-refractivity contribution in [3.05, 3.63) is 29.3 Å². The highest BCUT2D eigenvalue weighted by molar-refractivity contribution is 8.09. The van der Waals surface area contributed by atoms with Crippen molar-refractivity contribution in [3.63, 3.8) is 0 Å². The lowest BCUT2D eigenvalue weighted by atomic mass is 10.3. The predicted octanol–water partition coefficient (Wildman–Crippen LogP) is 3.76. The molecular weight excluding hydrogens is 307 g/mol. The Morgan fingerprint density at radius 1 is 1.37 bits per heavy atom. The third kappa shape index (κ3) is 5.89. The highest BCUT2D eigenvalue weighted by atomic mass is 35.5. The van der Waals surface area contributed by atoms with Gasteiger partial charge in [-0.1, -0.05) is 17.7 Å². The summed E-state index contributed by atoms with van der Waals surface area (Å²) in [6.07, 6.45) is 0. The van der Waals surface area contributed by atoms with E-state index in [9.17, 15) is 4.79 Å². The second-order valence-corrected chi connectivity index (χ2v) is 7.02. The van der Waals surface area contributed by atoms with Crippen molar-refractivity contribution in [3.8, 4) is 0 Å². The molecular formula is C11H16ClN2O3PS. The molecule has 0 aliphatic carbocycles. The Morgan fingerprint density at radius 2 is 2.00 bits per heavy atom. The van der Waals surface area contributed by atoms with Crippen LogP contribution in [-0.2, 0) is 20.9 Å². The summed E-state index contributed by atoms with van der Waals surface area (Å²) in [4.78, 5) is 11.8. The minimum absolute atomic E-state index is 0.370. The van der Waals surface area contributed by atoms with Gasteiger partial charge in [-0.2, -0.15) is 0 Å². The van der Waals surface area contributed by atoms with E-state index >= 15 is 0 Å². The standard InChI is InChI=1S/C11H16ClN2O3PS/c1-3-16-18(19,17-4-2)14-11(15)13-10-7-5-6-9(12)8-10/h5-8H,3-4H2,1-2H3,(H2,13,14,15,19). The first-order valence-corrected chi connectivity index (χ1v) is 8.74. The SMILES string of the molecule is CCOP(=S)(NC(=O)Nc1cccc(Cl)c1)OCC. The molecule has 2 N–H and O–H groups in total. The van der Waals surface area contributed by atoms with Crippen molar-refractivity contribution < 1.29 is 13.8 Å². The summed E-state index contributed by atoms with van der Waals surface area (Å²) in [7, 11) is 0. The molecule has 1 rings (SSSR count). The van der Waals surface area contributed by atoms with Crippen molar-refractivity contribution in [2.75, 3.05) is 18.5 Å².